The monoisotopic (exact) mass is 405 g/mol. The van der Waals surface area contributed by atoms with E-state index >= 15 is 0 Å². The third-order valence-corrected chi connectivity index (χ3v) is 7.40. The topological polar surface area (TPSA) is 61.4 Å². The fraction of sp³-hybridized carbons (Fsp3) is 0.636. The van der Waals surface area contributed by atoms with Crippen molar-refractivity contribution in [3.05, 3.63) is 41.5 Å². The first kappa shape index (κ1) is 21.5. The Morgan fingerprint density at radius 2 is 1.89 bits per heavy atom. The summed E-state index contributed by atoms with van der Waals surface area (Å²) in [5.41, 5.74) is 2.86. The minimum absolute atomic E-state index is 0.153. The summed E-state index contributed by atoms with van der Waals surface area (Å²) in [6.07, 6.45) is 7.03. The van der Waals surface area contributed by atoms with Gasteiger partial charge in [0.1, 0.15) is 0 Å². The van der Waals surface area contributed by atoms with Crippen LogP contribution < -0.4 is 10.0 Å². The quantitative estimate of drug-likeness (QED) is 0.628. The molecule has 3 rings (SSSR count). The van der Waals surface area contributed by atoms with Crippen molar-refractivity contribution in [2.75, 3.05) is 31.9 Å². The fourth-order valence-corrected chi connectivity index (χ4v) is 4.72. The minimum Gasteiger partial charge on any atom is -0.311 e. The second kappa shape index (κ2) is 10.0. The van der Waals surface area contributed by atoms with Gasteiger partial charge in [-0.1, -0.05) is 48.9 Å². The largest absolute Gasteiger partial charge is 0.311 e. The van der Waals surface area contributed by atoms with Gasteiger partial charge in [0.05, 0.1) is 5.75 Å². The first-order chi connectivity index (χ1) is 13.5. The normalized spacial score (nSPS) is 24.4. The van der Waals surface area contributed by atoms with Crippen molar-refractivity contribution in [2.45, 2.75) is 51.6 Å². The Morgan fingerprint density at radius 1 is 1.18 bits per heavy atom. The summed E-state index contributed by atoms with van der Waals surface area (Å²) in [4.78, 5) is 2.37. The number of nitrogens with zero attached hydrogens (tertiary/aromatic N) is 1. The van der Waals surface area contributed by atoms with Crippen LogP contribution in [-0.2, 0) is 10.0 Å². The van der Waals surface area contributed by atoms with Crippen LogP contribution in [0.2, 0.25) is 0 Å². The van der Waals surface area contributed by atoms with Gasteiger partial charge in [0, 0.05) is 25.2 Å². The van der Waals surface area contributed by atoms with E-state index < -0.39 is 10.0 Å². The number of piperidine rings is 1. The molecule has 28 heavy (non-hydrogen) atoms. The molecule has 5 nitrogen and oxygen atoms in total. The van der Waals surface area contributed by atoms with Gasteiger partial charge >= 0.3 is 0 Å². The van der Waals surface area contributed by atoms with Gasteiger partial charge in [-0.2, -0.15) is 0 Å². The van der Waals surface area contributed by atoms with Crippen molar-refractivity contribution in [1.29, 1.82) is 0 Å². The molecule has 0 unspecified atom stereocenters. The molecule has 1 aliphatic carbocycles. The van der Waals surface area contributed by atoms with Gasteiger partial charge in [-0.25, -0.2) is 13.1 Å². The minimum atomic E-state index is -3.07. The summed E-state index contributed by atoms with van der Waals surface area (Å²) in [6.45, 7) is 7.34. The van der Waals surface area contributed by atoms with Crippen LogP contribution in [0.3, 0.4) is 0 Å². The molecular formula is C22H35N3O2S. The zero-order valence-electron chi connectivity index (χ0n) is 17.2. The predicted molar refractivity (Wildman–Crippen MR) is 117 cm³/mol. The summed E-state index contributed by atoms with van der Waals surface area (Å²) < 4.78 is 25.7. The molecule has 0 amide bonds. The van der Waals surface area contributed by atoms with Gasteiger partial charge in [-0.3, -0.25) is 0 Å². The van der Waals surface area contributed by atoms with Crippen LogP contribution in [0.5, 0.6) is 0 Å². The molecule has 2 N–H and O–H groups in total. The van der Waals surface area contributed by atoms with Gasteiger partial charge in [0.2, 0.25) is 10.0 Å². The zero-order chi connectivity index (χ0) is 20.0. The highest BCUT2D eigenvalue weighted by atomic mass is 32.2. The Hall–Kier alpha value is -1.21. The van der Waals surface area contributed by atoms with Crippen molar-refractivity contribution >= 4 is 16.1 Å². The number of rotatable bonds is 10. The Morgan fingerprint density at radius 3 is 2.54 bits per heavy atom. The lowest BCUT2D eigenvalue weighted by Gasteiger charge is -2.32. The van der Waals surface area contributed by atoms with Crippen LogP contribution in [0.15, 0.2) is 35.9 Å². The van der Waals surface area contributed by atoms with Crippen molar-refractivity contribution in [3.63, 3.8) is 0 Å². The van der Waals surface area contributed by atoms with Crippen LogP contribution in [0.25, 0.3) is 6.08 Å². The lowest BCUT2D eigenvalue weighted by Crippen LogP contribution is -2.45. The van der Waals surface area contributed by atoms with E-state index in [9.17, 15) is 8.42 Å². The maximum Gasteiger partial charge on any atom is 0.211 e. The lowest BCUT2D eigenvalue weighted by molar-refractivity contribution is 0.199. The highest BCUT2D eigenvalue weighted by Gasteiger charge is 2.40. The molecule has 1 aromatic carbocycles. The summed E-state index contributed by atoms with van der Waals surface area (Å²) in [5, 5.41) is 3.87. The van der Waals surface area contributed by atoms with Crippen molar-refractivity contribution in [3.8, 4) is 0 Å². The number of hydrogen-bond acceptors (Lipinski definition) is 4. The second-order valence-electron chi connectivity index (χ2n) is 8.01. The Kier molecular flexibility index (Phi) is 7.69. The molecule has 0 radical (unpaired) electrons. The third-order valence-electron chi connectivity index (χ3n) is 5.99. The van der Waals surface area contributed by atoms with Crippen molar-refractivity contribution < 1.29 is 8.42 Å². The second-order valence-corrected chi connectivity index (χ2v) is 10.1. The summed E-state index contributed by atoms with van der Waals surface area (Å²) in [6, 6.07) is 11.8. The molecule has 156 valence electrons. The van der Waals surface area contributed by atoms with E-state index in [1.807, 2.05) is 0 Å². The molecule has 0 bridgehead atoms. The molecule has 2 atom stereocenters. The first-order valence-corrected chi connectivity index (χ1v) is 12.4. The number of nitrogens with one attached hydrogen (secondary N) is 2. The molecule has 0 spiro atoms. The van der Waals surface area contributed by atoms with E-state index in [1.54, 1.807) is 12.5 Å². The third kappa shape index (κ3) is 6.41. The van der Waals surface area contributed by atoms with Crippen LogP contribution in [0.1, 0.15) is 45.1 Å². The SMILES string of the molecule is CC/C(=C\c1ccccc1)[C@@H]1C[C@H]1NC1CCN(CCNS(=O)(=O)CC)CC1. The predicted octanol–water partition coefficient (Wildman–Crippen LogP) is 2.86. The van der Waals surface area contributed by atoms with E-state index in [2.05, 4.69) is 58.3 Å². The van der Waals surface area contributed by atoms with Crippen LogP contribution in [0, 0.1) is 5.92 Å². The summed E-state index contributed by atoms with van der Waals surface area (Å²) in [7, 11) is -3.07. The molecule has 2 fully saturated rings. The van der Waals surface area contributed by atoms with Crippen molar-refractivity contribution in [2.24, 2.45) is 5.92 Å². The van der Waals surface area contributed by atoms with Crippen LogP contribution in [-0.4, -0.2) is 57.3 Å². The van der Waals surface area contributed by atoms with Gasteiger partial charge < -0.3 is 10.2 Å². The Balaban J connectivity index is 1.38. The highest BCUT2D eigenvalue weighted by Crippen LogP contribution is 2.40. The molecule has 0 aromatic heterocycles. The fourth-order valence-electron chi connectivity index (χ4n) is 4.11. The van der Waals surface area contributed by atoms with Gasteiger partial charge in [0.25, 0.3) is 0 Å². The molecule has 1 aromatic rings. The zero-order valence-corrected chi connectivity index (χ0v) is 18.0. The van der Waals surface area contributed by atoms with E-state index in [1.165, 1.54) is 12.0 Å². The van der Waals surface area contributed by atoms with Crippen LogP contribution >= 0.6 is 0 Å². The number of benzene rings is 1. The molecule has 1 heterocycles. The average molecular weight is 406 g/mol. The molecule has 1 aliphatic heterocycles. The van der Waals surface area contributed by atoms with E-state index in [0.717, 1.165) is 38.9 Å². The standard InChI is InChI=1S/C22H35N3O2S/c1-3-19(16-18-8-6-5-7-9-18)21-17-22(21)24-20-10-13-25(14-11-20)15-12-23-28(26,27)4-2/h5-9,16,20-24H,3-4,10-15,17H2,1-2H3/b19-16+/t21-,22+/m0/s1. The van der Waals surface area contributed by atoms with Gasteiger partial charge in [-0.15, -0.1) is 0 Å². The van der Waals surface area contributed by atoms with Gasteiger partial charge in [-0.05, 0) is 57.2 Å². The van der Waals surface area contributed by atoms with Crippen molar-refractivity contribution in [1.82, 2.24) is 14.9 Å². The van der Waals surface area contributed by atoms with Crippen LogP contribution in [0.4, 0.5) is 0 Å². The molecule has 2 aliphatic rings. The number of likely N-dealkylation sites (tertiary alicyclic amines) is 1. The lowest BCUT2D eigenvalue weighted by atomic mass is 10.0. The number of sulfonamides is 1. The average Bonchev–Trinajstić information content (AvgIpc) is 3.47. The molecule has 1 saturated heterocycles. The smallest absolute Gasteiger partial charge is 0.211 e. The summed E-state index contributed by atoms with van der Waals surface area (Å²) in [5.74, 6) is 0.840. The maximum atomic E-state index is 11.5. The first-order valence-electron chi connectivity index (χ1n) is 10.7. The molecular weight excluding hydrogens is 370 g/mol. The maximum absolute atomic E-state index is 11.5. The van der Waals surface area contributed by atoms with Gasteiger partial charge in [0.15, 0.2) is 0 Å². The Labute approximate surface area is 170 Å². The molecule has 1 saturated carbocycles. The highest BCUT2D eigenvalue weighted by molar-refractivity contribution is 7.89. The van der Waals surface area contributed by atoms with E-state index in [-0.39, 0.29) is 5.75 Å². The Bertz CT molecular complexity index is 740. The van der Waals surface area contributed by atoms with E-state index in [4.69, 9.17) is 0 Å². The molecule has 6 heteroatoms. The number of hydrogen-bond donors (Lipinski definition) is 2. The van der Waals surface area contributed by atoms with E-state index in [0.29, 0.717) is 24.5 Å². The summed E-state index contributed by atoms with van der Waals surface area (Å²) >= 11 is 0.